The summed E-state index contributed by atoms with van der Waals surface area (Å²) in [5.41, 5.74) is 0.501. The molecule has 2 aromatic rings. The van der Waals surface area contributed by atoms with Gasteiger partial charge in [-0.25, -0.2) is 9.67 Å². The van der Waals surface area contributed by atoms with Gasteiger partial charge in [-0.1, -0.05) is 5.16 Å². The van der Waals surface area contributed by atoms with Gasteiger partial charge in [-0.2, -0.15) is 0 Å². The molecule has 1 amide bonds. The van der Waals surface area contributed by atoms with Crippen LogP contribution in [0.4, 0.5) is 0 Å². The van der Waals surface area contributed by atoms with Crippen LogP contribution in [0.5, 0.6) is 0 Å². The first-order valence-electron chi connectivity index (χ1n) is 6.37. The monoisotopic (exact) mass is 277 g/mol. The van der Waals surface area contributed by atoms with Gasteiger partial charge in [0.15, 0.2) is 0 Å². The molecule has 0 aromatic carbocycles. The Balaban J connectivity index is 2.09. The van der Waals surface area contributed by atoms with Crippen molar-refractivity contribution >= 4 is 5.91 Å². The highest BCUT2D eigenvalue weighted by Crippen LogP contribution is 2.12. The lowest BCUT2D eigenvalue weighted by Gasteiger charge is -2.18. The Morgan fingerprint density at radius 1 is 1.45 bits per heavy atom. The second-order valence-corrected chi connectivity index (χ2v) is 5.77. The van der Waals surface area contributed by atoms with Gasteiger partial charge in [0.2, 0.25) is 5.82 Å². The van der Waals surface area contributed by atoms with E-state index in [1.54, 1.807) is 24.1 Å². The van der Waals surface area contributed by atoms with Crippen molar-refractivity contribution in [3.05, 3.63) is 29.7 Å². The molecule has 0 unspecified atom stereocenters. The fourth-order valence-electron chi connectivity index (χ4n) is 1.66. The minimum Gasteiger partial charge on any atom is -0.361 e. The van der Waals surface area contributed by atoms with Crippen molar-refractivity contribution in [3.63, 3.8) is 0 Å². The van der Waals surface area contributed by atoms with E-state index in [1.165, 1.54) is 4.90 Å². The molecule has 7 nitrogen and oxygen atoms in total. The van der Waals surface area contributed by atoms with Gasteiger partial charge < -0.3 is 9.42 Å². The molecule has 2 rings (SSSR count). The number of rotatable bonds is 3. The molecule has 2 heterocycles. The molecule has 0 spiro atoms. The lowest BCUT2D eigenvalue weighted by atomic mass is 10.1. The van der Waals surface area contributed by atoms with Crippen molar-refractivity contribution < 1.29 is 9.32 Å². The molecular weight excluding hydrogens is 258 g/mol. The van der Waals surface area contributed by atoms with E-state index in [0.717, 1.165) is 5.76 Å². The van der Waals surface area contributed by atoms with Gasteiger partial charge in [-0.3, -0.25) is 4.79 Å². The number of amides is 1. The third kappa shape index (κ3) is 3.04. The van der Waals surface area contributed by atoms with E-state index in [9.17, 15) is 4.79 Å². The first-order chi connectivity index (χ1) is 9.27. The Labute approximate surface area is 117 Å². The summed E-state index contributed by atoms with van der Waals surface area (Å²) in [5.74, 6) is 0.660. The predicted molar refractivity (Wildman–Crippen MR) is 72.1 cm³/mol. The third-order valence-corrected chi connectivity index (χ3v) is 2.79. The smallest absolute Gasteiger partial charge is 0.293 e. The van der Waals surface area contributed by atoms with Crippen LogP contribution in [-0.2, 0) is 12.1 Å². The van der Waals surface area contributed by atoms with Crippen molar-refractivity contribution in [1.29, 1.82) is 0 Å². The van der Waals surface area contributed by atoms with E-state index >= 15 is 0 Å². The molecule has 0 saturated carbocycles. The highest BCUT2D eigenvalue weighted by molar-refractivity contribution is 5.90. The number of nitrogens with zero attached hydrogens (tertiary/aromatic N) is 5. The summed E-state index contributed by atoms with van der Waals surface area (Å²) in [5, 5.41) is 8.08. The summed E-state index contributed by atoms with van der Waals surface area (Å²) in [7, 11) is 1.68. The zero-order chi connectivity index (χ0) is 14.9. The molecule has 0 aliphatic rings. The van der Waals surface area contributed by atoms with Crippen molar-refractivity contribution in [2.45, 2.75) is 39.8 Å². The summed E-state index contributed by atoms with van der Waals surface area (Å²) >= 11 is 0. The fraction of sp³-hybridized carbons (Fsp3) is 0.538. The Kier molecular flexibility index (Phi) is 3.61. The largest absolute Gasteiger partial charge is 0.361 e. The normalized spacial score (nSPS) is 11.7. The van der Waals surface area contributed by atoms with Gasteiger partial charge in [-0.05, 0) is 27.7 Å². The van der Waals surface area contributed by atoms with Crippen LogP contribution in [0.2, 0.25) is 0 Å². The van der Waals surface area contributed by atoms with Crippen LogP contribution in [0.15, 0.2) is 16.9 Å². The second kappa shape index (κ2) is 5.07. The molecule has 0 fully saturated rings. The molecule has 7 heteroatoms. The van der Waals surface area contributed by atoms with Crippen LogP contribution in [0.3, 0.4) is 0 Å². The van der Waals surface area contributed by atoms with E-state index in [-0.39, 0.29) is 17.3 Å². The van der Waals surface area contributed by atoms with Crippen LogP contribution < -0.4 is 0 Å². The summed E-state index contributed by atoms with van der Waals surface area (Å²) in [6, 6.07) is 1.80. The molecule has 20 heavy (non-hydrogen) atoms. The maximum Gasteiger partial charge on any atom is 0.293 e. The minimum atomic E-state index is -0.242. The van der Waals surface area contributed by atoms with Crippen LogP contribution >= 0.6 is 0 Å². The molecule has 0 aliphatic heterocycles. The topological polar surface area (TPSA) is 77.1 Å². The molecular formula is C13H19N5O2. The van der Waals surface area contributed by atoms with Crippen LogP contribution in [0, 0.1) is 6.92 Å². The van der Waals surface area contributed by atoms with Crippen LogP contribution in [0.1, 0.15) is 42.8 Å². The van der Waals surface area contributed by atoms with Gasteiger partial charge in [0, 0.05) is 13.1 Å². The van der Waals surface area contributed by atoms with E-state index < -0.39 is 0 Å². The Bertz CT molecular complexity index is 608. The lowest BCUT2D eigenvalue weighted by Crippen LogP contribution is -2.28. The Morgan fingerprint density at radius 3 is 2.65 bits per heavy atom. The molecule has 0 aliphatic carbocycles. The van der Waals surface area contributed by atoms with E-state index in [1.807, 2.05) is 27.7 Å². The zero-order valence-electron chi connectivity index (χ0n) is 12.4. The first kappa shape index (κ1) is 14.2. The molecule has 0 saturated heterocycles. The average molecular weight is 277 g/mol. The Morgan fingerprint density at radius 2 is 2.15 bits per heavy atom. The highest BCUT2D eigenvalue weighted by atomic mass is 16.5. The first-order valence-corrected chi connectivity index (χ1v) is 6.37. The summed E-state index contributed by atoms with van der Waals surface area (Å²) in [6.07, 6.45) is 1.57. The zero-order valence-corrected chi connectivity index (χ0v) is 12.4. The third-order valence-electron chi connectivity index (χ3n) is 2.79. The fourth-order valence-corrected chi connectivity index (χ4v) is 1.66. The highest BCUT2D eigenvalue weighted by Gasteiger charge is 2.21. The standard InChI is InChI=1S/C13H19N5O2/c1-9-6-10(16-20-9)7-17(5)12(19)11-14-8-18(15-11)13(2,3)4/h6,8H,7H2,1-5H3. The Hall–Kier alpha value is -2.18. The van der Waals surface area contributed by atoms with Crippen molar-refractivity contribution in [1.82, 2.24) is 24.8 Å². The molecule has 108 valence electrons. The summed E-state index contributed by atoms with van der Waals surface area (Å²) in [4.78, 5) is 17.8. The van der Waals surface area contributed by atoms with Crippen molar-refractivity contribution in [2.24, 2.45) is 0 Å². The van der Waals surface area contributed by atoms with Gasteiger partial charge in [-0.15, -0.1) is 5.10 Å². The number of aromatic nitrogens is 4. The minimum absolute atomic E-state index is 0.183. The quantitative estimate of drug-likeness (QED) is 0.851. The van der Waals surface area contributed by atoms with Gasteiger partial charge in [0.05, 0.1) is 12.1 Å². The van der Waals surface area contributed by atoms with E-state index in [4.69, 9.17) is 4.52 Å². The van der Waals surface area contributed by atoms with Crippen molar-refractivity contribution in [2.75, 3.05) is 7.05 Å². The lowest BCUT2D eigenvalue weighted by molar-refractivity contribution is 0.0769. The van der Waals surface area contributed by atoms with Gasteiger partial charge in [0.25, 0.3) is 5.91 Å². The predicted octanol–water partition coefficient (Wildman–Crippen LogP) is 1.60. The van der Waals surface area contributed by atoms with E-state index in [0.29, 0.717) is 12.2 Å². The van der Waals surface area contributed by atoms with E-state index in [2.05, 4.69) is 15.2 Å². The molecule has 0 atom stereocenters. The summed E-state index contributed by atoms with van der Waals surface area (Å²) in [6.45, 7) is 8.17. The number of hydrogen-bond acceptors (Lipinski definition) is 5. The number of hydrogen-bond donors (Lipinski definition) is 0. The van der Waals surface area contributed by atoms with Crippen LogP contribution in [0.25, 0.3) is 0 Å². The number of aryl methyl sites for hydroxylation is 1. The maximum absolute atomic E-state index is 12.2. The molecule has 0 radical (unpaired) electrons. The van der Waals surface area contributed by atoms with Gasteiger partial charge >= 0.3 is 0 Å². The molecule has 0 bridgehead atoms. The van der Waals surface area contributed by atoms with Gasteiger partial charge in [0.1, 0.15) is 17.8 Å². The summed E-state index contributed by atoms with van der Waals surface area (Å²) < 4.78 is 6.65. The SMILES string of the molecule is Cc1cc(CN(C)C(=O)c2ncn(C(C)(C)C)n2)no1. The number of carbonyl (C=O) groups excluding carboxylic acids is 1. The van der Waals surface area contributed by atoms with Crippen LogP contribution in [-0.4, -0.2) is 37.8 Å². The second-order valence-electron chi connectivity index (χ2n) is 5.77. The number of carbonyl (C=O) groups is 1. The average Bonchev–Trinajstić information content (AvgIpc) is 2.96. The maximum atomic E-state index is 12.2. The molecule has 2 aromatic heterocycles. The molecule has 0 N–H and O–H groups in total. The van der Waals surface area contributed by atoms with Crippen molar-refractivity contribution in [3.8, 4) is 0 Å².